The Balaban J connectivity index is 2.97. The van der Waals surface area contributed by atoms with Gasteiger partial charge in [-0.05, 0) is 19.1 Å². The van der Waals surface area contributed by atoms with Crippen molar-refractivity contribution in [2.24, 2.45) is 0 Å². The Morgan fingerprint density at radius 2 is 1.61 bits per heavy atom. The number of hydrogen-bond donors (Lipinski definition) is 0. The zero-order valence-electron chi connectivity index (χ0n) is 9.38. The lowest BCUT2D eigenvalue weighted by Gasteiger charge is -2.09. The molecule has 0 atom stereocenters. The summed E-state index contributed by atoms with van der Waals surface area (Å²) in [5.41, 5.74) is 0.109. The third kappa shape index (κ3) is 3.65. The Morgan fingerprint density at radius 3 is 2.06 bits per heavy atom. The van der Waals surface area contributed by atoms with Crippen LogP contribution in [0.25, 0.3) is 0 Å². The van der Waals surface area contributed by atoms with E-state index in [-0.39, 0.29) is 17.1 Å². The normalized spacial score (nSPS) is 9.56. The number of ether oxygens (including phenoxy) is 2. The second-order valence-corrected chi connectivity index (χ2v) is 3.25. The van der Waals surface area contributed by atoms with Crippen LogP contribution >= 0.6 is 0 Å². The predicted molar refractivity (Wildman–Crippen MR) is 57.9 cm³/mol. The highest BCUT2D eigenvalue weighted by molar-refractivity contribution is 5.89. The van der Waals surface area contributed by atoms with Gasteiger partial charge in [-0.1, -0.05) is 18.7 Å². The van der Waals surface area contributed by atoms with Crippen molar-refractivity contribution in [1.29, 1.82) is 0 Å². The first kappa shape index (κ1) is 13.8. The molecule has 0 radical (unpaired) electrons. The predicted octanol–water partition coefficient (Wildman–Crippen LogP) is 3.58. The molecule has 0 amide bonds. The van der Waals surface area contributed by atoms with E-state index in [0.717, 1.165) is 0 Å². The smallest absolute Gasteiger partial charge is 0.344 e. The van der Waals surface area contributed by atoms with Crippen LogP contribution in [-0.2, 0) is 4.79 Å². The highest BCUT2D eigenvalue weighted by atomic mass is 19.3. The number of hydrogen-bond acceptors (Lipinski definition) is 3. The van der Waals surface area contributed by atoms with E-state index >= 15 is 0 Å². The summed E-state index contributed by atoms with van der Waals surface area (Å²) in [5.74, 6) is -1.28. The van der Waals surface area contributed by atoms with Crippen molar-refractivity contribution in [2.75, 3.05) is 0 Å². The average Bonchev–Trinajstić information content (AvgIpc) is 2.31. The number of benzene rings is 1. The van der Waals surface area contributed by atoms with Crippen LogP contribution in [0.5, 0.6) is 11.5 Å². The van der Waals surface area contributed by atoms with Crippen molar-refractivity contribution >= 4 is 5.97 Å². The Labute approximate surface area is 101 Å². The third-order valence-corrected chi connectivity index (χ3v) is 1.75. The van der Waals surface area contributed by atoms with Crippen LogP contribution in [0.1, 0.15) is 6.92 Å². The molecule has 0 aromatic heterocycles. The highest BCUT2D eigenvalue weighted by Gasteiger charge is 2.14. The molecule has 0 aliphatic carbocycles. The molecule has 0 unspecified atom stereocenters. The minimum Gasteiger partial charge on any atom is -0.424 e. The third-order valence-electron chi connectivity index (χ3n) is 1.75. The van der Waals surface area contributed by atoms with Crippen LogP contribution in [0.2, 0.25) is 0 Å². The largest absolute Gasteiger partial charge is 0.424 e. The Bertz CT molecular complexity index is 505. The zero-order valence-corrected chi connectivity index (χ0v) is 9.38. The standard InChI is InChI=1S/C12H9F3O3/c1-7(2)12(16)18-9-6-4-3-5-8(9)17-11(15)10(13)14/h3-6H,1H2,2H3. The lowest BCUT2D eigenvalue weighted by atomic mass is 10.3. The topological polar surface area (TPSA) is 35.5 Å². The maximum absolute atomic E-state index is 12.6. The number of carbonyl (C=O) groups excluding carboxylic acids is 1. The molecular weight excluding hydrogens is 249 g/mol. The lowest BCUT2D eigenvalue weighted by Crippen LogP contribution is -2.09. The lowest BCUT2D eigenvalue weighted by molar-refractivity contribution is -0.130. The number of rotatable bonds is 4. The minimum atomic E-state index is -2.60. The molecule has 0 saturated heterocycles. The van der Waals surface area contributed by atoms with E-state index in [1.165, 1.54) is 31.2 Å². The van der Waals surface area contributed by atoms with Gasteiger partial charge >= 0.3 is 18.1 Å². The molecule has 0 spiro atoms. The monoisotopic (exact) mass is 258 g/mol. The van der Waals surface area contributed by atoms with E-state index in [0.29, 0.717) is 0 Å². The quantitative estimate of drug-likeness (QED) is 0.358. The zero-order chi connectivity index (χ0) is 13.7. The van der Waals surface area contributed by atoms with Gasteiger partial charge in [0.15, 0.2) is 11.5 Å². The summed E-state index contributed by atoms with van der Waals surface area (Å²) in [6, 6.07) is 3.30. The number of halogens is 3. The van der Waals surface area contributed by atoms with Gasteiger partial charge in [0.25, 0.3) is 0 Å². The first-order valence-corrected chi connectivity index (χ1v) is 4.77. The second kappa shape index (κ2) is 5.90. The Morgan fingerprint density at radius 1 is 1.11 bits per heavy atom. The molecule has 0 N–H and O–H groups in total. The molecule has 1 aromatic rings. The van der Waals surface area contributed by atoms with Crippen molar-refractivity contribution in [3.63, 3.8) is 0 Å². The van der Waals surface area contributed by atoms with Gasteiger partial charge in [0.1, 0.15) is 0 Å². The molecule has 96 valence electrons. The first-order valence-electron chi connectivity index (χ1n) is 4.77. The van der Waals surface area contributed by atoms with Gasteiger partial charge in [-0.3, -0.25) is 0 Å². The molecule has 0 heterocycles. The molecule has 1 rings (SSSR count). The highest BCUT2D eigenvalue weighted by Crippen LogP contribution is 2.29. The molecular formula is C12H9F3O3. The van der Waals surface area contributed by atoms with Crippen LogP contribution in [0, 0.1) is 0 Å². The average molecular weight is 258 g/mol. The van der Waals surface area contributed by atoms with Gasteiger partial charge < -0.3 is 9.47 Å². The molecule has 0 fully saturated rings. The summed E-state index contributed by atoms with van der Waals surface area (Å²) in [6.45, 7) is 4.76. The van der Waals surface area contributed by atoms with Crippen LogP contribution < -0.4 is 9.47 Å². The molecule has 1 aromatic carbocycles. The maximum atomic E-state index is 12.6. The Kier molecular flexibility index (Phi) is 4.53. The van der Waals surface area contributed by atoms with E-state index in [4.69, 9.17) is 4.74 Å². The van der Waals surface area contributed by atoms with Crippen molar-refractivity contribution in [3.05, 3.63) is 48.5 Å². The number of esters is 1. The fourth-order valence-corrected chi connectivity index (χ4v) is 0.941. The van der Waals surface area contributed by atoms with Gasteiger partial charge in [-0.25, -0.2) is 4.79 Å². The van der Waals surface area contributed by atoms with Crippen molar-refractivity contribution in [2.45, 2.75) is 6.92 Å². The van der Waals surface area contributed by atoms with Crippen LogP contribution in [0.4, 0.5) is 13.2 Å². The Hall–Kier alpha value is -2.24. The van der Waals surface area contributed by atoms with Gasteiger partial charge in [0.05, 0.1) is 0 Å². The van der Waals surface area contributed by atoms with Gasteiger partial charge in [0.2, 0.25) is 0 Å². The van der Waals surface area contributed by atoms with Crippen LogP contribution in [0.15, 0.2) is 48.5 Å². The van der Waals surface area contributed by atoms with Gasteiger partial charge in [0, 0.05) is 5.57 Å². The molecule has 0 aliphatic rings. The summed E-state index contributed by atoms with van der Waals surface area (Å²) in [7, 11) is 0. The molecule has 6 heteroatoms. The van der Waals surface area contributed by atoms with E-state index in [1.807, 2.05) is 0 Å². The van der Waals surface area contributed by atoms with Crippen molar-refractivity contribution in [1.82, 2.24) is 0 Å². The molecule has 0 aliphatic heterocycles. The SMILES string of the molecule is C=C(C)C(=O)Oc1ccccc1OC(F)=C(F)F. The van der Waals surface area contributed by atoms with Crippen LogP contribution in [0.3, 0.4) is 0 Å². The van der Waals surface area contributed by atoms with E-state index < -0.39 is 18.1 Å². The summed E-state index contributed by atoms with van der Waals surface area (Å²) >= 11 is 0. The molecule has 0 bridgehead atoms. The van der Waals surface area contributed by atoms with Gasteiger partial charge in [-0.2, -0.15) is 13.2 Å². The van der Waals surface area contributed by atoms with E-state index in [1.54, 1.807) is 0 Å². The molecule has 0 saturated carbocycles. The van der Waals surface area contributed by atoms with Gasteiger partial charge in [-0.15, -0.1) is 0 Å². The van der Waals surface area contributed by atoms with Crippen LogP contribution in [-0.4, -0.2) is 5.97 Å². The molecule has 18 heavy (non-hydrogen) atoms. The molecule has 3 nitrogen and oxygen atoms in total. The second-order valence-electron chi connectivity index (χ2n) is 3.25. The van der Waals surface area contributed by atoms with E-state index in [9.17, 15) is 18.0 Å². The summed E-state index contributed by atoms with van der Waals surface area (Å²) in [4.78, 5) is 11.3. The minimum absolute atomic E-state index is 0.109. The summed E-state index contributed by atoms with van der Waals surface area (Å²) < 4.78 is 45.5. The van der Waals surface area contributed by atoms with Crippen molar-refractivity contribution in [3.8, 4) is 11.5 Å². The fourth-order valence-electron chi connectivity index (χ4n) is 0.941. The first-order chi connectivity index (χ1) is 8.41. The number of carbonyl (C=O) groups is 1. The number of para-hydroxylation sites is 2. The van der Waals surface area contributed by atoms with Crippen molar-refractivity contribution < 1.29 is 27.4 Å². The fraction of sp³-hybridized carbons (Fsp3) is 0.0833. The summed E-state index contributed by atoms with van der Waals surface area (Å²) in [6.07, 6.45) is -2.60. The summed E-state index contributed by atoms with van der Waals surface area (Å²) in [5, 5.41) is 0. The maximum Gasteiger partial charge on any atom is 0.344 e. The van der Waals surface area contributed by atoms with E-state index in [2.05, 4.69) is 11.3 Å².